The zero-order chi connectivity index (χ0) is 17.3. The lowest BCUT2D eigenvalue weighted by Crippen LogP contribution is -2.35. The Hall–Kier alpha value is -2.18. The van der Waals surface area contributed by atoms with Gasteiger partial charge in [-0.3, -0.25) is 0 Å². The third-order valence-electron chi connectivity index (χ3n) is 3.80. The second-order valence-corrected chi connectivity index (χ2v) is 7.20. The van der Waals surface area contributed by atoms with Crippen molar-refractivity contribution in [3.8, 4) is 16.9 Å². The van der Waals surface area contributed by atoms with Crippen molar-refractivity contribution >= 4 is 27.4 Å². The number of thiophene rings is 1. The summed E-state index contributed by atoms with van der Waals surface area (Å²) < 4.78 is 5.23. The van der Waals surface area contributed by atoms with Gasteiger partial charge in [0.25, 0.3) is 0 Å². The van der Waals surface area contributed by atoms with E-state index in [0.29, 0.717) is 5.82 Å². The number of fused-ring (bicyclic) bond motifs is 1. The molecule has 0 fully saturated rings. The lowest BCUT2D eigenvalue weighted by atomic mass is 10.0. The highest BCUT2D eigenvalue weighted by Gasteiger charge is 2.21. The average Bonchev–Trinajstić information content (AvgIpc) is 2.98. The van der Waals surface area contributed by atoms with Crippen molar-refractivity contribution in [2.75, 3.05) is 19.0 Å². The van der Waals surface area contributed by atoms with E-state index in [1.807, 2.05) is 45.0 Å². The average molecular weight is 343 g/mol. The molecule has 3 rings (SSSR count). The molecule has 0 aliphatic rings. The van der Waals surface area contributed by atoms with Crippen LogP contribution < -0.4 is 10.1 Å². The number of nitrogens with one attached hydrogen (secondary N) is 1. The summed E-state index contributed by atoms with van der Waals surface area (Å²) in [5.74, 6) is 2.29. The van der Waals surface area contributed by atoms with Crippen LogP contribution in [0.5, 0.6) is 5.75 Å². The lowest BCUT2D eigenvalue weighted by Gasteiger charge is -2.25. The highest BCUT2D eigenvalue weighted by atomic mass is 32.1. The Morgan fingerprint density at radius 1 is 1.21 bits per heavy atom. The van der Waals surface area contributed by atoms with Crippen LogP contribution in [0.4, 0.5) is 5.82 Å². The maximum atomic E-state index is 9.57. The number of ether oxygens (including phenoxy) is 1. The molecule has 6 heteroatoms. The minimum atomic E-state index is -0.465. The molecule has 0 saturated carbocycles. The third kappa shape index (κ3) is 3.20. The van der Waals surface area contributed by atoms with Crippen molar-refractivity contribution in [3.05, 3.63) is 35.5 Å². The molecule has 24 heavy (non-hydrogen) atoms. The molecule has 0 spiro atoms. The van der Waals surface area contributed by atoms with E-state index in [0.717, 1.165) is 32.9 Å². The van der Waals surface area contributed by atoms with Gasteiger partial charge in [0, 0.05) is 10.9 Å². The van der Waals surface area contributed by atoms with Crippen LogP contribution in [-0.2, 0) is 0 Å². The van der Waals surface area contributed by atoms with E-state index < -0.39 is 5.54 Å². The van der Waals surface area contributed by atoms with E-state index in [1.54, 1.807) is 18.4 Å². The number of aryl methyl sites for hydroxylation is 1. The van der Waals surface area contributed by atoms with Gasteiger partial charge in [0.05, 0.1) is 24.6 Å². The fraction of sp³-hybridized carbons (Fsp3) is 0.333. The minimum absolute atomic E-state index is 0.0134. The summed E-state index contributed by atoms with van der Waals surface area (Å²) in [5, 5.41) is 16.0. The van der Waals surface area contributed by atoms with Crippen LogP contribution in [0.3, 0.4) is 0 Å². The molecule has 0 aliphatic carbocycles. The number of nitrogens with zero attached hydrogens (tertiary/aromatic N) is 2. The molecule has 0 amide bonds. The Morgan fingerprint density at radius 3 is 2.54 bits per heavy atom. The number of anilines is 1. The predicted octanol–water partition coefficient (Wildman–Crippen LogP) is 3.86. The maximum absolute atomic E-state index is 9.57. The number of benzene rings is 1. The van der Waals surface area contributed by atoms with Crippen molar-refractivity contribution in [2.24, 2.45) is 0 Å². The van der Waals surface area contributed by atoms with Gasteiger partial charge in [-0.25, -0.2) is 9.97 Å². The fourth-order valence-electron chi connectivity index (χ4n) is 2.48. The summed E-state index contributed by atoms with van der Waals surface area (Å²) in [6.45, 7) is 5.77. The van der Waals surface area contributed by atoms with Crippen LogP contribution >= 0.6 is 11.3 Å². The first-order valence-corrected chi connectivity index (χ1v) is 8.61. The van der Waals surface area contributed by atoms with E-state index in [4.69, 9.17) is 4.74 Å². The predicted molar refractivity (Wildman–Crippen MR) is 98.9 cm³/mol. The lowest BCUT2D eigenvalue weighted by molar-refractivity contribution is 0.234. The summed E-state index contributed by atoms with van der Waals surface area (Å²) >= 11 is 1.60. The molecule has 5 nitrogen and oxygen atoms in total. The molecule has 0 saturated heterocycles. The Labute approximate surface area is 145 Å². The largest absolute Gasteiger partial charge is 0.497 e. The first-order valence-electron chi connectivity index (χ1n) is 7.73. The maximum Gasteiger partial charge on any atom is 0.139 e. The van der Waals surface area contributed by atoms with Gasteiger partial charge in [-0.15, -0.1) is 11.3 Å². The number of methoxy groups -OCH3 is 1. The van der Waals surface area contributed by atoms with Crippen LogP contribution in [0.2, 0.25) is 0 Å². The molecular formula is C18H21N3O2S. The standard InChI is InChI=1S/C18H21N3O2S/c1-11-19-16(21-18(2,3)10-22)15-14(9-24-17(15)20-11)12-5-7-13(23-4)8-6-12/h5-9,22H,10H2,1-4H3,(H,19,20,21). The second kappa shape index (κ2) is 6.37. The van der Waals surface area contributed by atoms with Gasteiger partial charge in [0.15, 0.2) is 0 Å². The molecule has 2 heterocycles. The van der Waals surface area contributed by atoms with E-state index in [2.05, 4.69) is 20.7 Å². The van der Waals surface area contributed by atoms with Crippen molar-refractivity contribution in [1.29, 1.82) is 0 Å². The zero-order valence-corrected chi connectivity index (χ0v) is 15.1. The molecule has 0 bridgehead atoms. The molecule has 0 aliphatic heterocycles. The highest BCUT2D eigenvalue weighted by Crippen LogP contribution is 2.38. The summed E-state index contributed by atoms with van der Waals surface area (Å²) in [5.41, 5.74) is 1.69. The number of rotatable bonds is 5. The van der Waals surface area contributed by atoms with Crippen molar-refractivity contribution in [1.82, 2.24) is 9.97 Å². The number of hydrogen-bond acceptors (Lipinski definition) is 6. The molecular weight excluding hydrogens is 322 g/mol. The van der Waals surface area contributed by atoms with Crippen molar-refractivity contribution in [3.63, 3.8) is 0 Å². The molecule has 126 valence electrons. The topological polar surface area (TPSA) is 67.3 Å². The van der Waals surface area contributed by atoms with Gasteiger partial charge in [-0.2, -0.15) is 0 Å². The van der Waals surface area contributed by atoms with E-state index in [1.165, 1.54) is 0 Å². The minimum Gasteiger partial charge on any atom is -0.497 e. The smallest absolute Gasteiger partial charge is 0.139 e. The van der Waals surface area contributed by atoms with E-state index in [9.17, 15) is 5.11 Å². The Balaban J connectivity index is 2.15. The molecule has 3 aromatic rings. The fourth-order valence-corrected chi connectivity index (χ4v) is 3.47. The first kappa shape index (κ1) is 16.7. The summed E-state index contributed by atoms with van der Waals surface area (Å²) in [6, 6.07) is 7.94. The van der Waals surface area contributed by atoms with Gasteiger partial charge in [0.2, 0.25) is 0 Å². The number of aliphatic hydroxyl groups excluding tert-OH is 1. The van der Waals surface area contributed by atoms with Gasteiger partial charge in [-0.05, 0) is 38.5 Å². The molecule has 2 N–H and O–H groups in total. The quantitative estimate of drug-likeness (QED) is 0.736. The molecule has 0 radical (unpaired) electrons. The Morgan fingerprint density at radius 2 is 1.92 bits per heavy atom. The van der Waals surface area contributed by atoms with E-state index >= 15 is 0 Å². The first-order chi connectivity index (χ1) is 11.4. The molecule has 0 unspecified atom stereocenters. The van der Waals surface area contributed by atoms with Crippen molar-refractivity contribution < 1.29 is 9.84 Å². The van der Waals surface area contributed by atoms with Crippen LogP contribution in [-0.4, -0.2) is 34.3 Å². The zero-order valence-electron chi connectivity index (χ0n) is 14.3. The molecule has 2 aromatic heterocycles. The Kier molecular flexibility index (Phi) is 4.43. The number of hydrogen-bond donors (Lipinski definition) is 2. The number of aliphatic hydroxyl groups is 1. The number of aromatic nitrogens is 2. The second-order valence-electron chi connectivity index (χ2n) is 6.34. The Bertz CT molecular complexity index is 857. The van der Waals surface area contributed by atoms with Gasteiger partial charge >= 0.3 is 0 Å². The van der Waals surface area contributed by atoms with E-state index in [-0.39, 0.29) is 6.61 Å². The summed E-state index contributed by atoms with van der Waals surface area (Å²) in [4.78, 5) is 10.1. The van der Waals surface area contributed by atoms with Crippen LogP contribution in [0.25, 0.3) is 21.3 Å². The third-order valence-corrected chi connectivity index (χ3v) is 4.67. The SMILES string of the molecule is COc1ccc(-c2csc3nc(C)nc(NC(C)(C)CO)c23)cc1. The highest BCUT2D eigenvalue weighted by molar-refractivity contribution is 7.17. The van der Waals surface area contributed by atoms with Gasteiger partial charge in [0.1, 0.15) is 22.2 Å². The normalized spacial score (nSPS) is 11.7. The van der Waals surface area contributed by atoms with Crippen LogP contribution in [0, 0.1) is 6.92 Å². The summed E-state index contributed by atoms with van der Waals surface area (Å²) in [7, 11) is 1.66. The van der Waals surface area contributed by atoms with Crippen LogP contribution in [0.15, 0.2) is 29.6 Å². The van der Waals surface area contributed by atoms with Crippen LogP contribution in [0.1, 0.15) is 19.7 Å². The van der Waals surface area contributed by atoms with Crippen molar-refractivity contribution in [2.45, 2.75) is 26.3 Å². The molecule has 1 aromatic carbocycles. The summed E-state index contributed by atoms with van der Waals surface area (Å²) in [6.07, 6.45) is 0. The monoisotopic (exact) mass is 343 g/mol. The van der Waals surface area contributed by atoms with Gasteiger partial charge in [-0.1, -0.05) is 12.1 Å². The van der Waals surface area contributed by atoms with Gasteiger partial charge < -0.3 is 15.2 Å². The molecule has 0 atom stereocenters.